The zero-order chi connectivity index (χ0) is 15.2. The third-order valence-electron chi connectivity index (χ3n) is 3.26. The van der Waals surface area contributed by atoms with Gasteiger partial charge in [0, 0.05) is 19.2 Å². The quantitative estimate of drug-likeness (QED) is 0.858. The summed E-state index contributed by atoms with van der Waals surface area (Å²) in [5.74, 6) is -0.809. The number of nitrogens with zero attached hydrogens (tertiary/aromatic N) is 1. The summed E-state index contributed by atoms with van der Waals surface area (Å²) < 4.78 is 11.1. The molecule has 1 aromatic carbocycles. The first-order chi connectivity index (χ1) is 10.1. The maximum Gasteiger partial charge on any atom is 0.323 e. The lowest BCUT2D eigenvalue weighted by atomic mass is 10.2. The van der Waals surface area contributed by atoms with E-state index in [1.54, 1.807) is 24.3 Å². The van der Waals surface area contributed by atoms with Crippen LogP contribution in [-0.2, 0) is 9.53 Å². The molecule has 1 aromatic rings. The highest BCUT2D eigenvalue weighted by Crippen LogP contribution is 2.18. The summed E-state index contributed by atoms with van der Waals surface area (Å²) in [4.78, 5) is 23.9. The minimum absolute atomic E-state index is 0.110. The Morgan fingerprint density at radius 1 is 1.48 bits per heavy atom. The molecule has 1 atom stereocenters. The van der Waals surface area contributed by atoms with Crippen LogP contribution in [0.2, 0.25) is 0 Å². The number of hydrogen-bond acceptors (Lipinski definition) is 4. The van der Waals surface area contributed by atoms with Crippen molar-refractivity contribution in [1.82, 2.24) is 4.90 Å². The van der Waals surface area contributed by atoms with Crippen LogP contribution in [0.1, 0.15) is 23.2 Å². The van der Waals surface area contributed by atoms with Crippen LogP contribution in [0.3, 0.4) is 0 Å². The predicted octanol–water partition coefficient (Wildman–Crippen LogP) is 1.40. The maximum atomic E-state index is 12.1. The third kappa shape index (κ3) is 4.46. The molecule has 0 radical (unpaired) electrons. The Kier molecular flexibility index (Phi) is 5.16. The molecular weight excluding hydrogens is 274 g/mol. The molecule has 1 heterocycles. The Morgan fingerprint density at radius 3 is 2.95 bits per heavy atom. The summed E-state index contributed by atoms with van der Waals surface area (Å²) in [5, 5.41) is 8.71. The molecule has 2 rings (SSSR count). The second-order valence-corrected chi connectivity index (χ2v) is 5.03. The van der Waals surface area contributed by atoms with Gasteiger partial charge in [-0.25, -0.2) is 0 Å². The predicted molar refractivity (Wildman–Crippen MR) is 75.5 cm³/mol. The van der Waals surface area contributed by atoms with Crippen LogP contribution in [0.15, 0.2) is 24.3 Å². The molecule has 1 aliphatic heterocycles. The van der Waals surface area contributed by atoms with E-state index in [9.17, 15) is 9.59 Å². The van der Waals surface area contributed by atoms with Gasteiger partial charge in [-0.1, -0.05) is 6.07 Å². The number of likely N-dealkylation sites (N-methyl/N-ethyl adjacent to an activating group) is 1. The molecule has 1 N–H and O–H groups in total. The molecule has 6 heteroatoms. The molecule has 0 bridgehead atoms. The molecule has 21 heavy (non-hydrogen) atoms. The van der Waals surface area contributed by atoms with E-state index in [0.717, 1.165) is 24.3 Å². The molecule has 1 fully saturated rings. The van der Waals surface area contributed by atoms with Crippen molar-refractivity contribution >= 4 is 11.9 Å². The minimum Gasteiger partial charge on any atom is -0.491 e. The SMILES string of the molecule is CN(CC(=O)O)C(=O)c1cccc(OCC2CCCO2)c1. The van der Waals surface area contributed by atoms with Gasteiger partial charge in [0.2, 0.25) is 0 Å². The van der Waals surface area contributed by atoms with Crippen LogP contribution in [-0.4, -0.2) is 54.8 Å². The molecule has 0 aliphatic carbocycles. The summed E-state index contributed by atoms with van der Waals surface area (Å²) in [6.07, 6.45) is 2.14. The monoisotopic (exact) mass is 293 g/mol. The van der Waals surface area contributed by atoms with E-state index in [1.807, 2.05) is 0 Å². The fraction of sp³-hybridized carbons (Fsp3) is 0.467. The number of amides is 1. The van der Waals surface area contributed by atoms with Crippen LogP contribution in [0, 0.1) is 0 Å². The maximum absolute atomic E-state index is 12.1. The van der Waals surface area contributed by atoms with E-state index in [-0.39, 0.29) is 18.6 Å². The third-order valence-corrected chi connectivity index (χ3v) is 3.26. The highest BCUT2D eigenvalue weighted by Gasteiger charge is 2.17. The van der Waals surface area contributed by atoms with E-state index < -0.39 is 5.97 Å². The molecule has 1 aliphatic rings. The first-order valence-corrected chi connectivity index (χ1v) is 6.88. The molecule has 0 saturated carbocycles. The average Bonchev–Trinajstić information content (AvgIpc) is 2.97. The fourth-order valence-corrected chi connectivity index (χ4v) is 2.18. The smallest absolute Gasteiger partial charge is 0.323 e. The number of ether oxygens (including phenoxy) is 2. The zero-order valence-corrected chi connectivity index (χ0v) is 11.9. The lowest BCUT2D eigenvalue weighted by Gasteiger charge is -2.16. The number of hydrogen-bond donors (Lipinski definition) is 1. The highest BCUT2D eigenvalue weighted by molar-refractivity contribution is 5.95. The number of aliphatic carboxylic acids is 1. The topological polar surface area (TPSA) is 76.1 Å². The fourth-order valence-electron chi connectivity index (χ4n) is 2.18. The number of carboxylic acid groups (broad SMARTS) is 1. The van der Waals surface area contributed by atoms with Gasteiger partial charge in [0.05, 0.1) is 6.10 Å². The zero-order valence-electron chi connectivity index (χ0n) is 11.9. The Balaban J connectivity index is 1.96. The van der Waals surface area contributed by atoms with Gasteiger partial charge in [-0.3, -0.25) is 9.59 Å². The molecule has 0 aromatic heterocycles. The van der Waals surface area contributed by atoms with Crippen LogP contribution < -0.4 is 4.74 Å². The number of rotatable bonds is 6. The van der Waals surface area contributed by atoms with Crippen LogP contribution in [0.4, 0.5) is 0 Å². The Morgan fingerprint density at radius 2 is 2.29 bits per heavy atom. The van der Waals surface area contributed by atoms with Gasteiger partial charge < -0.3 is 19.5 Å². The van der Waals surface area contributed by atoms with Crippen LogP contribution >= 0.6 is 0 Å². The molecular formula is C15H19NO5. The summed E-state index contributed by atoms with van der Waals surface area (Å²) in [5.41, 5.74) is 0.406. The van der Waals surface area contributed by atoms with Gasteiger partial charge in [-0.2, -0.15) is 0 Å². The molecule has 1 unspecified atom stereocenters. The van der Waals surface area contributed by atoms with Crippen molar-refractivity contribution in [2.24, 2.45) is 0 Å². The normalized spacial score (nSPS) is 17.5. The standard InChI is InChI=1S/C15H19NO5/c1-16(9-14(17)18)15(19)11-4-2-5-12(8-11)21-10-13-6-3-7-20-13/h2,4-5,8,13H,3,6-7,9-10H2,1H3,(H,17,18). The number of carbonyl (C=O) groups is 2. The molecule has 1 saturated heterocycles. The molecule has 114 valence electrons. The lowest BCUT2D eigenvalue weighted by molar-refractivity contribution is -0.137. The molecule has 6 nitrogen and oxygen atoms in total. The van der Waals surface area contributed by atoms with Crippen LogP contribution in [0.5, 0.6) is 5.75 Å². The van der Waals surface area contributed by atoms with Crippen molar-refractivity contribution in [2.45, 2.75) is 18.9 Å². The van der Waals surface area contributed by atoms with Crippen molar-refractivity contribution in [3.05, 3.63) is 29.8 Å². The first-order valence-electron chi connectivity index (χ1n) is 6.88. The van der Waals surface area contributed by atoms with Gasteiger partial charge in [0.25, 0.3) is 5.91 Å². The van der Waals surface area contributed by atoms with Crippen molar-refractivity contribution < 1.29 is 24.2 Å². The Labute approximate surface area is 123 Å². The highest BCUT2D eigenvalue weighted by atomic mass is 16.5. The average molecular weight is 293 g/mol. The number of carboxylic acids is 1. The summed E-state index contributed by atoms with van der Waals surface area (Å²) in [6.45, 7) is 0.898. The van der Waals surface area contributed by atoms with E-state index in [0.29, 0.717) is 17.9 Å². The Hall–Kier alpha value is -2.08. The largest absolute Gasteiger partial charge is 0.491 e. The van der Waals surface area contributed by atoms with Crippen molar-refractivity contribution in [3.63, 3.8) is 0 Å². The number of benzene rings is 1. The Bertz CT molecular complexity index is 511. The van der Waals surface area contributed by atoms with E-state index in [4.69, 9.17) is 14.6 Å². The van der Waals surface area contributed by atoms with Gasteiger partial charge in [-0.05, 0) is 31.0 Å². The lowest BCUT2D eigenvalue weighted by Crippen LogP contribution is -2.31. The van der Waals surface area contributed by atoms with Crippen molar-refractivity contribution in [3.8, 4) is 5.75 Å². The van der Waals surface area contributed by atoms with E-state index in [2.05, 4.69) is 0 Å². The molecule has 0 spiro atoms. The summed E-state index contributed by atoms with van der Waals surface area (Å²) >= 11 is 0. The van der Waals surface area contributed by atoms with E-state index in [1.165, 1.54) is 7.05 Å². The van der Waals surface area contributed by atoms with Gasteiger partial charge >= 0.3 is 5.97 Å². The van der Waals surface area contributed by atoms with Gasteiger partial charge in [0.1, 0.15) is 18.9 Å². The summed E-state index contributed by atoms with van der Waals surface area (Å²) in [6, 6.07) is 6.74. The molecule has 1 amide bonds. The van der Waals surface area contributed by atoms with E-state index >= 15 is 0 Å². The first kappa shape index (κ1) is 15.3. The van der Waals surface area contributed by atoms with Gasteiger partial charge in [0.15, 0.2) is 0 Å². The summed E-state index contributed by atoms with van der Waals surface area (Å²) in [7, 11) is 1.45. The van der Waals surface area contributed by atoms with Gasteiger partial charge in [-0.15, -0.1) is 0 Å². The second kappa shape index (κ2) is 7.08. The van der Waals surface area contributed by atoms with Crippen molar-refractivity contribution in [2.75, 3.05) is 26.8 Å². The van der Waals surface area contributed by atoms with Crippen molar-refractivity contribution in [1.29, 1.82) is 0 Å². The number of carbonyl (C=O) groups excluding carboxylic acids is 1. The second-order valence-electron chi connectivity index (χ2n) is 5.03. The minimum atomic E-state index is -1.04. The van der Waals surface area contributed by atoms with Crippen LogP contribution in [0.25, 0.3) is 0 Å².